The number of hydrogen-bond donors (Lipinski definition) is 0. The average Bonchev–Trinajstić information content (AvgIpc) is 3.30. The minimum absolute atomic E-state index is 0.155. The van der Waals surface area contributed by atoms with Crippen LogP contribution in [0.15, 0.2) is 36.7 Å². The third-order valence-electron chi connectivity index (χ3n) is 5.18. The monoisotopic (exact) mass is 354 g/mol. The van der Waals surface area contributed by atoms with Crippen LogP contribution >= 0.6 is 0 Å². The minimum atomic E-state index is 0.155. The van der Waals surface area contributed by atoms with E-state index in [0.717, 1.165) is 17.9 Å². The molecule has 4 rings (SSSR count). The SMILES string of the molecule is O=C(CCn1cccn1)N1CCOc2ccc(CN3CCCC3)cc2C1. The molecule has 0 aliphatic carbocycles. The van der Waals surface area contributed by atoms with Gasteiger partial charge in [0, 0.05) is 44.0 Å². The second kappa shape index (κ2) is 7.91. The second-order valence-corrected chi connectivity index (χ2v) is 7.11. The van der Waals surface area contributed by atoms with Gasteiger partial charge in [-0.2, -0.15) is 5.10 Å². The molecule has 1 aromatic heterocycles. The van der Waals surface area contributed by atoms with Crippen LogP contribution in [0.5, 0.6) is 5.75 Å². The van der Waals surface area contributed by atoms with Crippen molar-refractivity contribution in [2.45, 2.75) is 38.9 Å². The highest BCUT2D eigenvalue weighted by atomic mass is 16.5. The first-order valence-corrected chi connectivity index (χ1v) is 9.50. The lowest BCUT2D eigenvalue weighted by atomic mass is 10.1. The van der Waals surface area contributed by atoms with Gasteiger partial charge in [-0.1, -0.05) is 6.07 Å². The highest BCUT2D eigenvalue weighted by Gasteiger charge is 2.21. The maximum absolute atomic E-state index is 12.6. The van der Waals surface area contributed by atoms with E-state index in [0.29, 0.717) is 32.7 Å². The van der Waals surface area contributed by atoms with Gasteiger partial charge in [-0.15, -0.1) is 0 Å². The molecule has 0 spiro atoms. The zero-order valence-electron chi connectivity index (χ0n) is 15.1. The van der Waals surface area contributed by atoms with Gasteiger partial charge in [0.1, 0.15) is 12.4 Å². The number of carbonyl (C=O) groups is 1. The molecule has 1 amide bonds. The van der Waals surface area contributed by atoms with E-state index in [4.69, 9.17) is 4.74 Å². The molecule has 1 aromatic carbocycles. The van der Waals surface area contributed by atoms with Crippen LogP contribution in [0.1, 0.15) is 30.4 Å². The summed E-state index contributed by atoms with van der Waals surface area (Å²) in [5.74, 6) is 1.07. The van der Waals surface area contributed by atoms with Crippen LogP contribution in [-0.2, 0) is 24.4 Å². The van der Waals surface area contributed by atoms with E-state index in [1.54, 1.807) is 10.9 Å². The number of rotatable bonds is 5. The minimum Gasteiger partial charge on any atom is -0.491 e. The molecule has 6 nitrogen and oxygen atoms in total. The second-order valence-electron chi connectivity index (χ2n) is 7.11. The molecular weight excluding hydrogens is 328 g/mol. The summed E-state index contributed by atoms with van der Waals surface area (Å²) in [5, 5.41) is 4.16. The van der Waals surface area contributed by atoms with Gasteiger partial charge in [-0.25, -0.2) is 0 Å². The van der Waals surface area contributed by atoms with E-state index < -0.39 is 0 Å². The molecule has 1 saturated heterocycles. The standard InChI is InChI=1S/C20H26N4O2/c25-20(6-11-24-10-3-7-21-24)23-12-13-26-19-5-4-17(14-18(19)16-23)15-22-8-1-2-9-22/h3-5,7,10,14H,1-2,6,8-9,11-13,15-16H2. The summed E-state index contributed by atoms with van der Waals surface area (Å²) in [5.41, 5.74) is 2.42. The number of ether oxygens (including phenoxy) is 1. The summed E-state index contributed by atoms with van der Waals surface area (Å²) in [4.78, 5) is 17.0. The molecule has 0 bridgehead atoms. The van der Waals surface area contributed by atoms with Crippen molar-refractivity contribution >= 4 is 5.91 Å². The van der Waals surface area contributed by atoms with Crippen LogP contribution < -0.4 is 4.74 Å². The summed E-state index contributed by atoms with van der Waals surface area (Å²) < 4.78 is 7.68. The van der Waals surface area contributed by atoms with Crippen molar-refractivity contribution in [1.29, 1.82) is 0 Å². The summed E-state index contributed by atoms with van der Waals surface area (Å²) in [6.45, 7) is 5.78. The van der Waals surface area contributed by atoms with E-state index in [-0.39, 0.29) is 5.91 Å². The van der Waals surface area contributed by atoms with Crippen LogP contribution in [0.4, 0.5) is 0 Å². The molecule has 138 valence electrons. The summed E-state index contributed by atoms with van der Waals surface area (Å²) >= 11 is 0. The predicted octanol–water partition coefficient (Wildman–Crippen LogP) is 2.29. The van der Waals surface area contributed by atoms with Crippen molar-refractivity contribution in [3.05, 3.63) is 47.8 Å². The molecule has 0 atom stereocenters. The Kier molecular flexibility index (Phi) is 5.20. The maximum atomic E-state index is 12.6. The van der Waals surface area contributed by atoms with Crippen molar-refractivity contribution < 1.29 is 9.53 Å². The van der Waals surface area contributed by atoms with E-state index in [2.05, 4.69) is 28.2 Å². The molecule has 2 aliphatic rings. The summed E-state index contributed by atoms with van der Waals surface area (Å²) in [7, 11) is 0. The Morgan fingerprint density at radius 2 is 2.08 bits per heavy atom. The van der Waals surface area contributed by atoms with Crippen LogP contribution in [0, 0.1) is 0 Å². The molecule has 6 heteroatoms. The lowest BCUT2D eigenvalue weighted by Gasteiger charge is -2.20. The fraction of sp³-hybridized carbons (Fsp3) is 0.500. The van der Waals surface area contributed by atoms with E-state index in [1.807, 2.05) is 17.2 Å². The smallest absolute Gasteiger partial charge is 0.224 e. The van der Waals surface area contributed by atoms with Gasteiger partial charge in [0.15, 0.2) is 0 Å². The number of carbonyl (C=O) groups excluding carboxylic acids is 1. The number of hydrogen-bond acceptors (Lipinski definition) is 4. The third kappa shape index (κ3) is 4.07. The molecule has 0 saturated carbocycles. The molecule has 0 radical (unpaired) electrons. The number of benzene rings is 1. The number of amides is 1. The fourth-order valence-electron chi connectivity index (χ4n) is 3.76. The normalized spacial score (nSPS) is 17.6. The predicted molar refractivity (Wildman–Crippen MR) is 98.7 cm³/mol. The largest absolute Gasteiger partial charge is 0.491 e. The van der Waals surface area contributed by atoms with Gasteiger partial charge in [-0.05, 0) is 49.7 Å². The molecular formula is C20H26N4O2. The Balaban J connectivity index is 1.41. The third-order valence-corrected chi connectivity index (χ3v) is 5.18. The van der Waals surface area contributed by atoms with Gasteiger partial charge in [-0.3, -0.25) is 14.4 Å². The summed E-state index contributed by atoms with van der Waals surface area (Å²) in [6.07, 6.45) is 6.69. The molecule has 26 heavy (non-hydrogen) atoms. The zero-order chi connectivity index (χ0) is 17.8. The van der Waals surface area contributed by atoms with Gasteiger partial charge >= 0.3 is 0 Å². The molecule has 0 N–H and O–H groups in total. The first kappa shape index (κ1) is 17.1. The average molecular weight is 354 g/mol. The Bertz CT molecular complexity index is 738. The fourth-order valence-corrected chi connectivity index (χ4v) is 3.76. The van der Waals surface area contributed by atoms with Gasteiger partial charge in [0.05, 0.1) is 6.54 Å². The Labute approximate surface area is 154 Å². The Morgan fingerprint density at radius 3 is 2.88 bits per heavy atom. The first-order chi connectivity index (χ1) is 12.8. The van der Waals surface area contributed by atoms with Gasteiger partial charge in [0.25, 0.3) is 0 Å². The number of aryl methyl sites for hydroxylation is 1. The van der Waals surface area contributed by atoms with Crippen LogP contribution in [0.3, 0.4) is 0 Å². The molecule has 1 fully saturated rings. The highest BCUT2D eigenvalue weighted by Crippen LogP contribution is 2.26. The van der Waals surface area contributed by atoms with E-state index >= 15 is 0 Å². The number of aromatic nitrogens is 2. The van der Waals surface area contributed by atoms with Crippen LogP contribution in [0.2, 0.25) is 0 Å². The lowest BCUT2D eigenvalue weighted by molar-refractivity contribution is -0.132. The van der Waals surface area contributed by atoms with Crippen molar-refractivity contribution in [3.63, 3.8) is 0 Å². The van der Waals surface area contributed by atoms with Crippen molar-refractivity contribution in [2.24, 2.45) is 0 Å². The maximum Gasteiger partial charge on any atom is 0.224 e. The van der Waals surface area contributed by atoms with E-state index in [1.165, 1.54) is 31.5 Å². The van der Waals surface area contributed by atoms with Crippen LogP contribution in [-0.4, -0.2) is 51.7 Å². The zero-order valence-corrected chi connectivity index (χ0v) is 15.1. The summed E-state index contributed by atoms with van der Waals surface area (Å²) in [6, 6.07) is 8.32. The van der Waals surface area contributed by atoms with E-state index in [9.17, 15) is 4.79 Å². The van der Waals surface area contributed by atoms with Gasteiger partial charge < -0.3 is 9.64 Å². The van der Waals surface area contributed by atoms with Gasteiger partial charge in [0.2, 0.25) is 5.91 Å². The number of likely N-dealkylation sites (tertiary alicyclic amines) is 1. The molecule has 2 aliphatic heterocycles. The Hall–Kier alpha value is -2.34. The van der Waals surface area contributed by atoms with Crippen molar-refractivity contribution in [2.75, 3.05) is 26.2 Å². The highest BCUT2D eigenvalue weighted by molar-refractivity contribution is 5.76. The molecule has 3 heterocycles. The quantitative estimate of drug-likeness (QED) is 0.827. The Morgan fingerprint density at radius 1 is 1.19 bits per heavy atom. The topological polar surface area (TPSA) is 50.6 Å². The lowest BCUT2D eigenvalue weighted by Crippen LogP contribution is -2.33. The van der Waals surface area contributed by atoms with Crippen molar-refractivity contribution in [1.82, 2.24) is 19.6 Å². The molecule has 2 aromatic rings. The molecule has 0 unspecified atom stereocenters. The number of fused-ring (bicyclic) bond motifs is 1. The van der Waals surface area contributed by atoms with Crippen molar-refractivity contribution in [3.8, 4) is 5.75 Å². The van der Waals surface area contributed by atoms with Crippen LogP contribution in [0.25, 0.3) is 0 Å². The number of nitrogens with zero attached hydrogens (tertiary/aromatic N) is 4. The first-order valence-electron chi connectivity index (χ1n) is 9.50.